The first-order valence-electron chi connectivity index (χ1n) is 7.27. The standard InChI is InChI=1S/C16H21N3O/c17-15-12-5-4-10-18-13(12)6-7-14(15)19-11-16(20)8-2-1-3-9-16/h4-7,10,19-20H,1-3,8-9,11,17H2. The average molecular weight is 271 g/mol. The molecule has 0 atom stereocenters. The number of nitrogens with two attached hydrogens (primary N) is 1. The molecule has 1 fully saturated rings. The molecule has 0 saturated heterocycles. The zero-order valence-corrected chi connectivity index (χ0v) is 11.6. The zero-order chi connectivity index (χ0) is 14.0. The van der Waals surface area contributed by atoms with E-state index in [0.29, 0.717) is 12.2 Å². The van der Waals surface area contributed by atoms with Crippen molar-refractivity contribution >= 4 is 22.3 Å². The summed E-state index contributed by atoms with van der Waals surface area (Å²) in [6, 6.07) is 7.76. The molecule has 0 unspecified atom stereocenters. The first kappa shape index (κ1) is 13.2. The number of fused-ring (bicyclic) bond motifs is 1. The Morgan fingerprint density at radius 3 is 2.80 bits per heavy atom. The van der Waals surface area contributed by atoms with Gasteiger partial charge in [0.2, 0.25) is 0 Å². The number of nitrogens with zero attached hydrogens (tertiary/aromatic N) is 1. The molecule has 20 heavy (non-hydrogen) atoms. The fraction of sp³-hybridized carbons (Fsp3) is 0.438. The van der Waals surface area contributed by atoms with Gasteiger partial charge in [-0.05, 0) is 37.1 Å². The van der Waals surface area contributed by atoms with Crippen LogP contribution in [0, 0.1) is 0 Å². The molecule has 106 valence electrons. The fourth-order valence-corrected chi connectivity index (χ4v) is 2.98. The lowest BCUT2D eigenvalue weighted by atomic mass is 9.85. The summed E-state index contributed by atoms with van der Waals surface area (Å²) < 4.78 is 0. The Balaban J connectivity index is 1.79. The van der Waals surface area contributed by atoms with Crippen LogP contribution in [-0.2, 0) is 0 Å². The van der Waals surface area contributed by atoms with Crippen LogP contribution in [0.1, 0.15) is 32.1 Å². The molecule has 1 aliphatic rings. The summed E-state index contributed by atoms with van der Waals surface area (Å²) in [6.45, 7) is 0.559. The number of nitrogens with one attached hydrogen (secondary N) is 1. The molecule has 0 radical (unpaired) electrons. The van der Waals surface area contributed by atoms with Crippen LogP contribution in [0.4, 0.5) is 11.4 Å². The third-order valence-corrected chi connectivity index (χ3v) is 4.22. The van der Waals surface area contributed by atoms with Gasteiger partial charge in [-0.3, -0.25) is 4.98 Å². The van der Waals surface area contributed by atoms with Crippen LogP contribution < -0.4 is 11.1 Å². The summed E-state index contributed by atoms with van der Waals surface area (Å²) in [4.78, 5) is 4.29. The van der Waals surface area contributed by atoms with Crippen LogP contribution in [0.15, 0.2) is 30.5 Å². The van der Waals surface area contributed by atoms with E-state index in [1.807, 2.05) is 24.3 Å². The molecule has 1 heterocycles. The van der Waals surface area contributed by atoms with Gasteiger partial charge in [0.25, 0.3) is 0 Å². The summed E-state index contributed by atoms with van der Waals surface area (Å²) in [5.41, 5.74) is 8.08. The van der Waals surface area contributed by atoms with Gasteiger partial charge in [0.1, 0.15) is 0 Å². The number of nitrogen functional groups attached to an aromatic ring is 1. The minimum Gasteiger partial charge on any atom is -0.397 e. The number of hydrogen-bond donors (Lipinski definition) is 3. The number of benzene rings is 1. The van der Waals surface area contributed by atoms with Crippen LogP contribution in [-0.4, -0.2) is 22.2 Å². The first-order valence-corrected chi connectivity index (χ1v) is 7.27. The second-order valence-electron chi connectivity index (χ2n) is 5.74. The molecule has 0 amide bonds. The maximum atomic E-state index is 10.5. The van der Waals surface area contributed by atoms with E-state index in [-0.39, 0.29) is 0 Å². The minimum absolute atomic E-state index is 0.559. The normalized spacial score (nSPS) is 18.1. The lowest BCUT2D eigenvalue weighted by Gasteiger charge is -2.32. The van der Waals surface area contributed by atoms with Crippen LogP contribution in [0.2, 0.25) is 0 Å². The second kappa shape index (κ2) is 5.29. The van der Waals surface area contributed by atoms with Crippen molar-refractivity contribution in [2.24, 2.45) is 0 Å². The largest absolute Gasteiger partial charge is 0.397 e. The monoisotopic (exact) mass is 271 g/mol. The second-order valence-corrected chi connectivity index (χ2v) is 5.74. The Morgan fingerprint density at radius 2 is 2.00 bits per heavy atom. The molecule has 0 aliphatic heterocycles. The number of pyridine rings is 1. The molecular weight excluding hydrogens is 250 g/mol. The highest BCUT2D eigenvalue weighted by Gasteiger charge is 2.28. The molecule has 1 aromatic heterocycles. The molecule has 0 bridgehead atoms. The fourth-order valence-electron chi connectivity index (χ4n) is 2.98. The molecule has 4 N–H and O–H groups in total. The molecule has 0 spiro atoms. The summed E-state index contributed by atoms with van der Waals surface area (Å²) in [6.07, 6.45) is 6.94. The molecule has 4 nitrogen and oxygen atoms in total. The number of hydrogen-bond acceptors (Lipinski definition) is 4. The van der Waals surface area contributed by atoms with Crippen molar-refractivity contribution in [2.45, 2.75) is 37.7 Å². The van der Waals surface area contributed by atoms with Gasteiger partial charge in [-0.15, -0.1) is 0 Å². The van der Waals surface area contributed by atoms with E-state index < -0.39 is 5.60 Å². The van der Waals surface area contributed by atoms with E-state index in [0.717, 1.165) is 42.3 Å². The molecule has 1 saturated carbocycles. The maximum Gasteiger partial charge on any atom is 0.0819 e. The maximum absolute atomic E-state index is 10.5. The highest BCUT2D eigenvalue weighted by atomic mass is 16.3. The summed E-state index contributed by atoms with van der Waals surface area (Å²) >= 11 is 0. The van der Waals surface area contributed by atoms with Crippen molar-refractivity contribution in [3.63, 3.8) is 0 Å². The van der Waals surface area contributed by atoms with Gasteiger partial charge < -0.3 is 16.2 Å². The summed E-state index contributed by atoms with van der Waals surface area (Å²) in [5.74, 6) is 0. The highest BCUT2D eigenvalue weighted by molar-refractivity contribution is 5.96. The molecule has 1 aliphatic carbocycles. The summed E-state index contributed by atoms with van der Waals surface area (Å²) in [7, 11) is 0. The van der Waals surface area contributed by atoms with E-state index in [9.17, 15) is 5.11 Å². The van der Waals surface area contributed by atoms with Crippen molar-refractivity contribution < 1.29 is 5.11 Å². The van der Waals surface area contributed by atoms with Crippen molar-refractivity contribution in [1.82, 2.24) is 4.98 Å². The van der Waals surface area contributed by atoms with Crippen molar-refractivity contribution in [3.8, 4) is 0 Å². The van der Waals surface area contributed by atoms with Gasteiger partial charge in [0.05, 0.1) is 22.5 Å². The smallest absolute Gasteiger partial charge is 0.0819 e. The van der Waals surface area contributed by atoms with Crippen LogP contribution >= 0.6 is 0 Å². The Hall–Kier alpha value is -1.81. The number of aromatic nitrogens is 1. The number of rotatable bonds is 3. The minimum atomic E-state index is -0.589. The molecule has 1 aromatic carbocycles. The van der Waals surface area contributed by atoms with Gasteiger partial charge in [-0.1, -0.05) is 19.3 Å². The van der Waals surface area contributed by atoms with Crippen LogP contribution in [0.5, 0.6) is 0 Å². The summed E-state index contributed by atoms with van der Waals surface area (Å²) in [5, 5.41) is 14.8. The lowest BCUT2D eigenvalue weighted by Crippen LogP contribution is -2.38. The van der Waals surface area contributed by atoms with Crippen molar-refractivity contribution in [3.05, 3.63) is 30.5 Å². The van der Waals surface area contributed by atoms with Gasteiger partial charge in [0, 0.05) is 18.1 Å². The van der Waals surface area contributed by atoms with Gasteiger partial charge in [-0.25, -0.2) is 0 Å². The quantitative estimate of drug-likeness (QED) is 0.751. The third-order valence-electron chi connectivity index (χ3n) is 4.22. The van der Waals surface area contributed by atoms with Gasteiger partial charge in [-0.2, -0.15) is 0 Å². The predicted molar refractivity (Wildman–Crippen MR) is 82.7 cm³/mol. The topological polar surface area (TPSA) is 71.2 Å². The van der Waals surface area contributed by atoms with Crippen molar-refractivity contribution in [2.75, 3.05) is 17.6 Å². The predicted octanol–water partition coefficient (Wildman–Crippen LogP) is 2.92. The van der Waals surface area contributed by atoms with E-state index in [4.69, 9.17) is 5.73 Å². The third kappa shape index (κ3) is 2.56. The van der Waals surface area contributed by atoms with Crippen molar-refractivity contribution in [1.29, 1.82) is 0 Å². The van der Waals surface area contributed by atoms with Gasteiger partial charge >= 0.3 is 0 Å². The highest BCUT2D eigenvalue weighted by Crippen LogP contribution is 2.31. The molecule has 3 rings (SSSR count). The Morgan fingerprint density at radius 1 is 1.20 bits per heavy atom. The Labute approximate surface area is 119 Å². The Kier molecular flexibility index (Phi) is 3.49. The van der Waals surface area contributed by atoms with E-state index >= 15 is 0 Å². The molecule has 2 aromatic rings. The Bertz CT molecular complexity index is 606. The van der Waals surface area contributed by atoms with Crippen LogP contribution in [0.25, 0.3) is 10.9 Å². The number of anilines is 2. The first-order chi connectivity index (χ1) is 9.68. The SMILES string of the molecule is Nc1c(NCC2(O)CCCCC2)ccc2ncccc12. The number of aliphatic hydroxyl groups is 1. The van der Waals surface area contributed by atoms with Gasteiger partial charge in [0.15, 0.2) is 0 Å². The molecule has 4 heteroatoms. The zero-order valence-electron chi connectivity index (χ0n) is 11.6. The lowest BCUT2D eigenvalue weighted by molar-refractivity contribution is 0.0167. The average Bonchev–Trinajstić information content (AvgIpc) is 2.48. The van der Waals surface area contributed by atoms with E-state index in [1.54, 1.807) is 6.20 Å². The molecular formula is C16H21N3O. The van der Waals surface area contributed by atoms with E-state index in [2.05, 4.69) is 10.3 Å². The van der Waals surface area contributed by atoms with Crippen LogP contribution in [0.3, 0.4) is 0 Å². The van der Waals surface area contributed by atoms with E-state index in [1.165, 1.54) is 6.42 Å².